The van der Waals surface area contributed by atoms with Crippen LogP contribution in [0.15, 0.2) is 24.3 Å². The fraction of sp³-hybridized carbons (Fsp3) is 0.632. The van der Waals surface area contributed by atoms with Gasteiger partial charge in [-0.2, -0.15) is 8.78 Å². The molecule has 1 atom stereocenters. The zero-order valence-electron chi connectivity index (χ0n) is 14.5. The molecule has 2 aliphatic heterocycles. The first-order chi connectivity index (χ1) is 12.1. The Morgan fingerprint density at radius 2 is 1.88 bits per heavy atom. The number of nitrogens with zero attached hydrogens (tertiary/aromatic N) is 2. The Bertz CT molecular complexity index is 576. The highest BCUT2D eigenvalue weighted by atomic mass is 19.3. The zero-order valence-corrected chi connectivity index (χ0v) is 14.5. The normalized spacial score (nSPS) is 22.2. The summed E-state index contributed by atoms with van der Waals surface area (Å²) in [6, 6.07) is 6.27. The lowest BCUT2D eigenvalue weighted by molar-refractivity contribution is -0.0503. The second-order valence-electron chi connectivity index (χ2n) is 7.00. The highest BCUT2D eigenvalue weighted by molar-refractivity contribution is 5.97. The van der Waals surface area contributed by atoms with Crippen LogP contribution in [-0.4, -0.2) is 55.0 Å². The summed E-state index contributed by atoms with van der Waals surface area (Å²) in [4.78, 5) is 17.1. The SMILES string of the molecule is O=C(c1ccccc1OC(F)F)N1CCC[C@@H](CN2CCCCC2)C1. The molecule has 4 nitrogen and oxygen atoms in total. The summed E-state index contributed by atoms with van der Waals surface area (Å²) in [5.41, 5.74) is 0.224. The molecule has 0 spiro atoms. The Hall–Kier alpha value is -1.69. The molecule has 2 aliphatic rings. The van der Waals surface area contributed by atoms with E-state index in [-0.39, 0.29) is 17.2 Å². The van der Waals surface area contributed by atoms with Crippen molar-refractivity contribution in [1.82, 2.24) is 9.80 Å². The van der Waals surface area contributed by atoms with Gasteiger partial charge in [-0.15, -0.1) is 0 Å². The number of carbonyl (C=O) groups is 1. The second-order valence-corrected chi connectivity index (χ2v) is 7.00. The van der Waals surface area contributed by atoms with E-state index in [0.29, 0.717) is 19.0 Å². The molecular formula is C19H26F2N2O2. The summed E-state index contributed by atoms with van der Waals surface area (Å²) >= 11 is 0. The van der Waals surface area contributed by atoms with E-state index in [1.807, 2.05) is 0 Å². The quantitative estimate of drug-likeness (QED) is 0.811. The molecule has 1 aromatic rings. The molecular weight excluding hydrogens is 326 g/mol. The van der Waals surface area contributed by atoms with Gasteiger partial charge in [-0.25, -0.2) is 0 Å². The topological polar surface area (TPSA) is 32.8 Å². The molecule has 0 aromatic heterocycles. The molecule has 2 fully saturated rings. The molecule has 25 heavy (non-hydrogen) atoms. The molecule has 0 unspecified atom stereocenters. The molecule has 1 aromatic carbocycles. The third-order valence-corrected chi connectivity index (χ3v) is 5.10. The first-order valence-electron chi connectivity index (χ1n) is 9.19. The first-order valence-corrected chi connectivity index (χ1v) is 9.19. The van der Waals surface area contributed by atoms with Crippen molar-refractivity contribution < 1.29 is 18.3 Å². The van der Waals surface area contributed by atoms with Gasteiger partial charge in [0, 0.05) is 19.6 Å². The second kappa shape index (κ2) is 8.61. The van der Waals surface area contributed by atoms with Gasteiger partial charge in [0.1, 0.15) is 5.75 Å². The minimum Gasteiger partial charge on any atom is -0.434 e. The van der Waals surface area contributed by atoms with Crippen LogP contribution in [0.4, 0.5) is 8.78 Å². The minimum absolute atomic E-state index is 0.0411. The van der Waals surface area contributed by atoms with E-state index in [4.69, 9.17) is 0 Å². The Morgan fingerprint density at radius 3 is 2.64 bits per heavy atom. The van der Waals surface area contributed by atoms with E-state index < -0.39 is 6.61 Å². The Morgan fingerprint density at radius 1 is 1.12 bits per heavy atom. The van der Waals surface area contributed by atoms with Crippen molar-refractivity contribution in [2.45, 2.75) is 38.7 Å². The predicted octanol–water partition coefficient (Wildman–Crippen LogP) is 3.63. The summed E-state index contributed by atoms with van der Waals surface area (Å²) in [5.74, 6) is 0.208. The summed E-state index contributed by atoms with van der Waals surface area (Å²) in [5, 5.41) is 0. The summed E-state index contributed by atoms with van der Waals surface area (Å²) in [7, 11) is 0. The average Bonchev–Trinajstić information content (AvgIpc) is 2.62. The van der Waals surface area contributed by atoms with Gasteiger partial charge in [0.25, 0.3) is 5.91 Å². The fourth-order valence-electron chi connectivity index (χ4n) is 3.92. The molecule has 0 aliphatic carbocycles. The molecule has 0 saturated carbocycles. The van der Waals surface area contributed by atoms with Gasteiger partial charge < -0.3 is 14.5 Å². The number of benzene rings is 1. The standard InChI is InChI=1S/C19H26F2N2O2/c20-19(21)25-17-9-3-2-8-16(17)18(24)23-12-6-7-15(14-23)13-22-10-4-1-5-11-22/h2-3,8-9,15,19H,1,4-7,10-14H2/t15-/m0/s1. The van der Waals surface area contributed by atoms with Crippen molar-refractivity contribution in [3.63, 3.8) is 0 Å². The molecule has 1 amide bonds. The van der Waals surface area contributed by atoms with Crippen LogP contribution in [0, 0.1) is 5.92 Å². The summed E-state index contributed by atoms with van der Waals surface area (Å²) in [6.07, 6.45) is 5.91. The number of halogens is 2. The Balaban J connectivity index is 1.63. The van der Waals surface area contributed by atoms with Crippen LogP contribution in [0.25, 0.3) is 0 Å². The van der Waals surface area contributed by atoms with Crippen LogP contribution >= 0.6 is 0 Å². The van der Waals surface area contributed by atoms with Crippen LogP contribution in [0.3, 0.4) is 0 Å². The van der Waals surface area contributed by atoms with E-state index in [1.165, 1.54) is 25.3 Å². The maximum atomic E-state index is 12.8. The number of hydrogen-bond donors (Lipinski definition) is 0. The average molecular weight is 352 g/mol. The predicted molar refractivity (Wildman–Crippen MR) is 92.0 cm³/mol. The molecule has 138 valence electrons. The Kier molecular flexibility index (Phi) is 6.24. The van der Waals surface area contributed by atoms with Crippen molar-refractivity contribution in [1.29, 1.82) is 0 Å². The number of likely N-dealkylation sites (tertiary alicyclic amines) is 2. The number of amides is 1. The van der Waals surface area contributed by atoms with Crippen molar-refractivity contribution in [3.05, 3.63) is 29.8 Å². The Labute approximate surface area is 147 Å². The van der Waals surface area contributed by atoms with Gasteiger partial charge in [-0.05, 0) is 56.8 Å². The molecule has 0 radical (unpaired) electrons. The van der Waals surface area contributed by atoms with E-state index in [9.17, 15) is 13.6 Å². The lowest BCUT2D eigenvalue weighted by Crippen LogP contribution is -2.44. The lowest BCUT2D eigenvalue weighted by Gasteiger charge is -2.37. The first kappa shape index (κ1) is 18.1. The number of carbonyl (C=O) groups excluding carboxylic acids is 1. The third-order valence-electron chi connectivity index (χ3n) is 5.10. The monoisotopic (exact) mass is 352 g/mol. The van der Waals surface area contributed by atoms with Gasteiger partial charge in [0.15, 0.2) is 0 Å². The number of para-hydroxylation sites is 1. The van der Waals surface area contributed by atoms with Gasteiger partial charge in [-0.1, -0.05) is 18.6 Å². The fourth-order valence-corrected chi connectivity index (χ4v) is 3.92. The summed E-state index contributed by atoms with van der Waals surface area (Å²) in [6.45, 7) is 1.77. The van der Waals surface area contributed by atoms with Gasteiger partial charge in [-0.3, -0.25) is 4.79 Å². The lowest BCUT2D eigenvalue weighted by atomic mass is 9.95. The van der Waals surface area contributed by atoms with E-state index in [0.717, 1.165) is 32.5 Å². The highest BCUT2D eigenvalue weighted by Crippen LogP contribution is 2.25. The molecule has 6 heteroatoms. The highest BCUT2D eigenvalue weighted by Gasteiger charge is 2.28. The number of alkyl halides is 2. The minimum atomic E-state index is -2.93. The van der Waals surface area contributed by atoms with Crippen molar-refractivity contribution in [2.75, 3.05) is 32.7 Å². The number of ether oxygens (including phenoxy) is 1. The number of piperidine rings is 2. The van der Waals surface area contributed by atoms with Crippen LogP contribution in [0.5, 0.6) is 5.75 Å². The van der Waals surface area contributed by atoms with Gasteiger partial charge in [0.05, 0.1) is 5.56 Å². The van der Waals surface area contributed by atoms with Crippen LogP contribution in [0.1, 0.15) is 42.5 Å². The smallest absolute Gasteiger partial charge is 0.387 e. The van der Waals surface area contributed by atoms with E-state index >= 15 is 0 Å². The van der Waals surface area contributed by atoms with Gasteiger partial charge in [0.2, 0.25) is 0 Å². The van der Waals surface area contributed by atoms with Crippen molar-refractivity contribution in [3.8, 4) is 5.75 Å². The van der Waals surface area contributed by atoms with Crippen LogP contribution in [-0.2, 0) is 0 Å². The molecule has 0 bridgehead atoms. The van der Waals surface area contributed by atoms with E-state index in [2.05, 4.69) is 9.64 Å². The molecule has 0 N–H and O–H groups in total. The van der Waals surface area contributed by atoms with E-state index in [1.54, 1.807) is 23.1 Å². The van der Waals surface area contributed by atoms with Crippen LogP contribution < -0.4 is 4.74 Å². The largest absolute Gasteiger partial charge is 0.434 e. The third kappa shape index (κ3) is 4.91. The maximum absolute atomic E-state index is 12.8. The number of hydrogen-bond acceptors (Lipinski definition) is 3. The molecule has 2 saturated heterocycles. The summed E-state index contributed by atoms with van der Waals surface area (Å²) < 4.78 is 29.7. The van der Waals surface area contributed by atoms with Crippen LogP contribution in [0.2, 0.25) is 0 Å². The van der Waals surface area contributed by atoms with Gasteiger partial charge >= 0.3 is 6.61 Å². The van der Waals surface area contributed by atoms with Crippen molar-refractivity contribution in [2.24, 2.45) is 5.92 Å². The maximum Gasteiger partial charge on any atom is 0.387 e. The zero-order chi connectivity index (χ0) is 17.6. The van der Waals surface area contributed by atoms with Crippen molar-refractivity contribution >= 4 is 5.91 Å². The molecule has 2 heterocycles. The number of rotatable bonds is 5. The molecule has 3 rings (SSSR count).